The quantitative estimate of drug-likeness (QED) is 0.0180. The van der Waals surface area contributed by atoms with Crippen LogP contribution in [0.25, 0.3) is 0 Å². The van der Waals surface area contributed by atoms with Crippen LogP contribution in [-0.2, 0) is 95.3 Å². The van der Waals surface area contributed by atoms with Gasteiger partial charge in [-0.2, -0.15) is 0 Å². The topological polar surface area (TPSA) is 263 Å². The molecular weight excluding hydrogens is 1410 g/mol. The molecule has 0 aliphatic rings. The summed E-state index contributed by atoms with van der Waals surface area (Å²) in [6.45, 7) is 55.3. The molecule has 0 aromatic heterocycles. The molecule has 6 atom stereocenters. The Labute approximate surface area is 598 Å². The Morgan fingerprint density at radius 2 is 0.553 bits per heavy atom. The first kappa shape index (κ1) is 98.3. The van der Waals surface area contributed by atoms with Gasteiger partial charge in [0.15, 0.2) is 0 Å². The van der Waals surface area contributed by atoms with Crippen molar-refractivity contribution in [3.05, 3.63) is 127 Å². The zero-order valence-electron chi connectivity index (χ0n) is 55.9. The summed E-state index contributed by atoms with van der Waals surface area (Å²) in [4.78, 5) is 109. The molecule has 0 aliphatic heterocycles. The Balaban J connectivity index is -0.000000352. The summed E-state index contributed by atoms with van der Waals surface area (Å²) in [5.41, 5.74) is 0. The molecule has 20 nitrogen and oxygen atoms in total. The first-order valence-electron chi connectivity index (χ1n) is 28.8. The zero-order chi connectivity index (χ0) is 72.8. The highest BCUT2D eigenvalue weighted by Gasteiger charge is 2.27. The normalized spacial score (nSPS) is 12.1. The fraction of sp³-hybridized carbons (Fsp3) is 0.531. The first-order chi connectivity index (χ1) is 44.3. The second-order valence-electron chi connectivity index (χ2n) is 19.2. The van der Waals surface area contributed by atoms with E-state index in [0.29, 0.717) is 62.7 Å². The molecule has 0 aliphatic carbocycles. The summed E-state index contributed by atoms with van der Waals surface area (Å²) in [7, 11) is 16.4. The molecule has 0 bridgehead atoms. The van der Waals surface area contributed by atoms with Crippen LogP contribution in [0.15, 0.2) is 127 Å². The number of carbonyl (C=O) groups excluding carboxylic acids is 10. The standard InChI is InChI=1S/C16H26O4S2.C14H22O4S2.2C12H18O4S2.C10H14O4S2/c1-7-13(17)19-11-9-15(3,4)21-22-16(5,6)10-12-20-14(18)8-2;1-7-13(15)17-9(3)11(5)19-20-12(6)10(4)18-14(16)8-2;1-5-11(13)15-9(3)7-17-18-8-10(4)16-12(14)6-2;1-3-11(13)15-7-5-9-17-18-10-6-8-16-12(14)4-2;1-3-9(11)13-5-7-15-16-8-6-14-10(12)4-2/h7-8H,1-2,9-12H2,3-6H3;7-12H,1-2H2,3-6H3;5-6,9-10H,1-2,7-8H2,3-4H3;3-4H,1-2,5-10H2;3-4H,1-2,5-8H2. The number of hydrogen-bond acceptors (Lipinski definition) is 30. The molecule has 0 aromatic rings. The van der Waals surface area contributed by atoms with Crippen LogP contribution in [0.2, 0.25) is 0 Å². The molecule has 6 unspecified atom stereocenters. The van der Waals surface area contributed by atoms with E-state index in [4.69, 9.17) is 47.4 Å². The lowest BCUT2D eigenvalue weighted by atomic mass is 10.1. The van der Waals surface area contributed by atoms with Crippen molar-refractivity contribution < 1.29 is 95.3 Å². The van der Waals surface area contributed by atoms with Crippen LogP contribution < -0.4 is 0 Å². The van der Waals surface area contributed by atoms with E-state index in [1.54, 1.807) is 108 Å². The summed E-state index contributed by atoms with van der Waals surface area (Å²) >= 11 is 0. The van der Waals surface area contributed by atoms with Crippen LogP contribution in [0.5, 0.6) is 0 Å². The van der Waals surface area contributed by atoms with E-state index in [1.807, 2.05) is 41.5 Å². The first-order valence-corrected chi connectivity index (χ1v) is 40.7. The minimum Gasteiger partial charge on any atom is -0.463 e. The maximum absolute atomic E-state index is 11.1. The van der Waals surface area contributed by atoms with E-state index >= 15 is 0 Å². The number of ether oxygens (including phenoxy) is 10. The van der Waals surface area contributed by atoms with E-state index in [1.165, 1.54) is 12.2 Å². The lowest BCUT2D eigenvalue weighted by molar-refractivity contribution is -0.142. The summed E-state index contributed by atoms with van der Waals surface area (Å²) in [6.07, 6.45) is 13.9. The van der Waals surface area contributed by atoms with Gasteiger partial charge in [-0.1, -0.05) is 174 Å². The van der Waals surface area contributed by atoms with Crippen LogP contribution in [0.1, 0.15) is 94.9 Å². The minimum absolute atomic E-state index is 0.0266. The lowest BCUT2D eigenvalue weighted by Crippen LogP contribution is -2.25. The third-order valence-corrected chi connectivity index (χ3v) is 25.5. The molecule has 0 rings (SSSR count). The summed E-state index contributed by atoms with van der Waals surface area (Å²) in [5.74, 6) is 0.538. The van der Waals surface area contributed by atoms with Gasteiger partial charge < -0.3 is 47.4 Å². The Hall–Kier alpha value is -4.40. The van der Waals surface area contributed by atoms with Crippen LogP contribution >= 0.6 is 108 Å². The highest BCUT2D eigenvalue weighted by molar-refractivity contribution is 8.78. The average Bonchev–Trinajstić information content (AvgIpc) is 1.32. The third kappa shape index (κ3) is 70.4. The second-order valence-corrected chi connectivity index (χ2v) is 33.7. The van der Waals surface area contributed by atoms with E-state index in [9.17, 15) is 47.9 Å². The highest BCUT2D eigenvalue weighted by Crippen LogP contribution is 2.46. The predicted molar refractivity (Wildman–Crippen MR) is 401 cm³/mol. The Kier molecular flexibility index (Phi) is 68.9. The fourth-order valence-corrected chi connectivity index (χ4v) is 16.1. The van der Waals surface area contributed by atoms with Crippen LogP contribution in [0.4, 0.5) is 0 Å². The van der Waals surface area contributed by atoms with Gasteiger partial charge in [-0.3, -0.25) is 0 Å². The van der Waals surface area contributed by atoms with E-state index < -0.39 is 47.8 Å². The van der Waals surface area contributed by atoms with Gasteiger partial charge in [0.2, 0.25) is 0 Å². The van der Waals surface area contributed by atoms with Crippen molar-refractivity contribution in [1.82, 2.24) is 0 Å². The van der Waals surface area contributed by atoms with Gasteiger partial charge in [0, 0.05) is 115 Å². The maximum atomic E-state index is 11.1. The maximum Gasteiger partial charge on any atom is 0.330 e. The van der Waals surface area contributed by atoms with E-state index in [0.717, 1.165) is 85.8 Å². The largest absolute Gasteiger partial charge is 0.463 e. The second kappa shape index (κ2) is 65.9. The molecule has 0 fully saturated rings. The van der Waals surface area contributed by atoms with Gasteiger partial charge >= 0.3 is 59.7 Å². The van der Waals surface area contributed by atoms with Crippen molar-refractivity contribution in [3.63, 3.8) is 0 Å². The lowest BCUT2D eigenvalue weighted by Gasteiger charge is -2.29. The SMILES string of the molecule is C=CC(=O)OC(C)C(C)SSC(C)C(C)OC(=O)C=C.C=CC(=O)OC(C)CSSCC(C)OC(=O)C=C.C=CC(=O)OCCC(C)(C)SSC(C)(C)CCOC(=O)C=C.C=CC(=O)OCCCSSCCCOC(=O)C=C.C=CC(=O)OCCSSCCOC(=O)C=C. The predicted octanol–water partition coefficient (Wildman–Crippen LogP) is 14.6. The summed E-state index contributed by atoms with van der Waals surface area (Å²) in [6, 6.07) is 0. The monoisotopic (exact) mass is 1510 g/mol. The van der Waals surface area contributed by atoms with Crippen molar-refractivity contribution in [2.45, 2.75) is 139 Å². The Bertz CT molecular complexity index is 2160. The van der Waals surface area contributed by atoms with Gasteiger partial charge in [-0.25, -0.2) is 47.9 Å². The van der Waals surface area contributed by atoms with Gasteiger partial charge in [0.05, 0.1) is 26.4 Å². The van der Waals surface area contributed by atoms with Crippen molar-refractivity contribution in [3.8, 4) is 0 Å². The van der Waals surface area contributed by atoms with Gasteiger partial charge in [-0.05, 0) is 94.9 Å². The third-order valence-electron chi connectivity index (χ3n) is 9.89. The molecule has 0 N–H and O–H groups in total. The van der Waals surface area contributed by atoms with Crippen LogP contribution in [0.3, 0.4) is 0 Å². The summed E-state index contributed by atoms with van der Waals surface area (Å²) in [5, 5.41) is 0.238. The van der Waals surface area contributed by atoms with Crippen LogP contribution in [-0.4, -0.2) is 178 Å². The fourth-order valence-electron chi connectivity index (χ4n) is 4.46. The van der Waals surface area contributed by atoms with Crippen molar-refractivity contribution >= 4 is 168 Å². The minimum atomic E-state index is -0.420. The van der Waals surface area contributed by atoms with E-state index in [-0.39, 0.29) is 56.3 Å². The van der Waals surface area contributed by atoms with E-state index in [2.05, 4.69) is 93.5 Å². The molecule has 0 heterocycles. The van der Waals surface area contributed by atoms with Crippen molar-refractivity contribution in [1.29, 1.82) is 0 Å². The number of rotatable bonds is 49. The number of hydrogen-bond donors (Lipinski definition) is 0. The Morgan fingerprint density at radius 1 is 0.319 bits per heavy atom. The van der Waals surface area contributed by atoms with Crippen molar-refractivity contribution in [2.75, 3.05) is 74.2 Å². The van der Waals surface area contributed by atoms with Gasteiger partial charge in [0.25, 0.3) is 0 Å². The summed E-state index contributed by atoms with van der Waals surface area (Å²) < 4.78 is 49.5. The average molecular weight is 1510 g/mol. The number of esters is 10. The smallest absolute Gasteiger partial charge is 0.330 e. The molecule has 0 saturated heterocycles. The van der Waals surface area contributed by atoms with Gasteiger partial charge in [-0.15, -0.1) is 0 Å². The molecule has 0 spiro atoms. The molecule has 0 amide bonds. The Morgan fingerprint density at radius 3 is 0.819 bits per heavy atom. The molecule has 30 heteroatoms. The number of carbonyl (C=O) groups is 10. The molecule has 0 radical (unpaired) electrons. The molecule has 94 heavy (non-hydrogen) atoms. The van der Waals surface area contributed by atoms with Crippen molar-refractivity contribution in [2.24, 2.45) is 0 Å². The van der Waals surface area contributed by atoms with Gasteiger partial charge in [0.1, 0.15) is 37.6 Å². The molecule has 534 valence electrons. The molecule has 0 saturated carbocycles. The molecular formula is C64H98O20S10. The molecule has 0 aromatic carbocycles. The highest BCUT2D eigenvalue weighted by atomic mass is 33.1. The zero-order valence-corrected chi connectivity index (χ0v) is 64.0. The van der Waals surface area contributed by atoms with Crippen LogP contribution in [0, 0.1) is 0 Å².